The van der Waals surface area contributed by atoms with Crippen LogP contribution in [0, 0.1) is 0 Å². The highest BCUT2D eigenvalue weighted by Crippen LogP contribution is 2.28. The Morgan fingerprint density at radius 2 is 1.90 bits per heavy atom. The molecule has 2 aromatic rings. The van der Waals surface area contributed by atoms with E-state index >= 15 is 0 Å². The molecule has 0 spiro atoms. The minimum Gasteiger partial charge on any atom is -0.349 e. The lowest BCUT2D eigenvalue weighted by molar-refractivity contribution is -0.133. The van der Waals surface area contributed by atoms with Gasteiger partial charge in [0.1, 0.15) is 12.1 Å². The van der Waals surface area contributed by atoms with Gasteiger partial charge in [0.05, 0.1) is 12.2 Å². The lowest BCUT2D eigenvalue weighted by Crippen LogP contribution is -2.40. The van der Waals surface area contributed by atoms with Gasteiger partial charge in [0.2, 0.25) is 5.91 Å². The number of pyridine rings is 2. The highest BCUT2D eigenvalue weighted by Gasteiger charge is 2.33. The summed E-state index contributed by atoms with van der Waals surface area (Å²) in [6, 6.07) is 9.15. The van der Waals surface area contributed by atoms with Crippen molar-refractivity contribution >= 4 is 11.8 Å². The fourth-order valence-corrected chi connectivity index (χ4v) is 3.88. The standard InChI is InChI=1S/C22H26N4O3/c27-20(26(18-10-11-18)14-17-8-3-4-12-23-17)15-25-13-5-9-19(22(25)29)21(28)24-16-6-1-2-7-16/h3-5,8-9,12-13,16,18H,1-2,6-7,10-11,14-15H2,(H,24,28). The Morgan fingerprint density at radius 1 is 1.10 bits per heavy atom. The molecule has 2 fully saturated rings. The van der Waals surface area contributed by atoms with Crippen molar-refractivity contribution in [2.24, 2.45) is 0 Å². The molecule has 2 aromatic heterocycles. The van der Waals surface area contributed by atoms with Gasteiger partial charge in [-0.25, -0.2) is 0 Å². The number of nitrogens with zero attached hydrogens (tertiary/aromatic N) is 3. The van der Waals surface area contributed by atoms with Crippen molar-refractivity contribution in [1.29, 1.82) is 0 Å². The number of rotatable bonds is 7. The number of amides is 2. The molecule has 0 atom stereocenters. The van der Waals surface area contributed by atoms with Crippen LogP contribution in [-0.2, 0) is 17.9 Å². The Labute approximate surface area is 169 Å². The molecule has 0 radical (unpaired) electrons. The maximum absolute atomic E-state index is 12.9. The molecule has 0 saturated heterocycles. The topological polar surface area (TPSA) is 84.3 Å². The summed E-state index contributed by atoms with van der Waals surface area (Å²) in [5, 5.41) is 2.94. The second kappa shape index (κ2) is 8.59. The minimum absolute atomic E-state index is 0.0767. The van der Waals surface area contributed by atoms with Crippen LogP contribution in [0.5, 0.6) is 0 Å². The van der Waals surface area contributed by atoms with Crippen LogP contribution in [0.4, 0.5) is 0 Å². The summed E-state index contributed by atoms with van der Waals surface area (Å²) in [7, 11) is 0. The van der Waals surface area contributed by atoms with Crippen LogP contribution < -0.4 is 10.9 Å². The maximum atomic E-state index is 12.9. The van der Waals surface area contributed by atoms with E-state index in [-0.39, 0.29) is 36.0 Å². The van der Waals surface area contributed by atoms with Crippen LogP contribution >= 0.6 is 0 Å². The summed E-state index contributed by atoms with van der Waals surface area (Å²) < 4.78 is 1.33. The molecule has 2 heterocycles. The van der Waals surface area contributed by atoms with Crippen molar-refractivity contribution in [3.63, 3.8) is 0 Å². The predicted molar refractivity (Wildman–Crippen MR) is 108 cm³/mol. The third-order valence-electron chi connectivity index (χ3n) is 5.63. The van der Waals surface area contributed by atoms with Gasteiger partial charge in [-0.05, 0) is 49.9 Å². The quantitative estimate of drug-likeness (QED) is 0.780. The summed E-state index contributed by atoms with van der Waals surface area (Å²) in [5.41, 5.74) is 0.490. The summed E-state index contributed by atoms with van der Waals surface area (Å²) >= 11 is 0. The summed E-state index contributed by atoms with van der Waals surface area (Å²) in [6.07, 6.45) is 9.33. The molecular weight excluding hydrogens is 368 g/mol. The fraction of sp³-hybridized carbons (Fsp3) is 0.455. The van der Waals surface area contributed by atoms with Crippen LogP contribution in [0.1, 0.15) is 54.6 Å². The molecule has 7 heteroatoms. The van der Waals surface area contributed by atoms with E-state index in [1.54, 1.807) is 23.4 Å². The molecule has 1 N–H and O–H groups in total. The van der Waals surface area contributed by atoms with Crippen molar-refractivity contribution in [1.82, 2.24) is 19.8 Å². The van der Waals surface area contributed by atoms with Crippen LogP contribution in [0.15, 0.2) is 47.5 Å². The SMILES string of the molecule is O=C(NC1CCCC1)c1cccn(CC(=O)N(Cc2ccccn2)C2CC2)c1=O. The van der Waals surface area contributed by atoms with Gasteiger partial charge in [0, 0.05) is 24.5 Å². The first kappa shape index (κ1) is 19.4. The molecule has 2 saturated carbocycles. The molecule has 2 aliphatic carbocycles. The zero-order chi connectivity index (χ0) is 20.2. The third kappa shape index (κ3) is 4.72. The number of carbonyl (C=O) groups excluding carboxylic acids is 2. The smallest absolute Gasteiger partial charge is 0.263 e. The van der Waals surface area contributed by atoms with Gasteiger partial charge in [-0.1, -0.05) is 18.9 Å². The summed E-state index contributed by atoms with van der Waals surface area (Å²) in [5.74, 6) is -0.482. The van der Waals surface area contributed by atoms with Gasteiger partial charge >= 0.3 is 0 Å². The van der Waals surface area contributed by atoms with Crippen molar-refractivity contribution in [3.8, 4) is 0 Å². The molecule has 29 heavy (non-hydrogen) atoms. The van der Waals surface area contributed by atoms with Crippen molar-refractivity contribution in [2.75, 3.05) is 0 Å². The first-order valence-electron chi connectivity index (χ1n) is 10.3. The van der Waals surface area contributed by atoms with E-state index in [1.165, 1.54) is 10.6 Å². The van der Waals surface area contributed by atoms with E-state index in [0.717, 1.165) is 44.2 Å². The number of carbonyl (C=O) groups is 2. The lowest BCUT2D eigenvalue weighted by atomic mass is 10.2. The van der Waals surface area contributed by atoms with E-state index < -0.39 is 5.56 Å². The second-order valence-electron chi connectivity index (χ2n) is 7.88. The largest absolute Gasteiger partial charge is 0.349 e. The van der Waals surface area contributed by atoms with Crippen molar-refractivity contribution in [3.05, 3.63) is 64.3 Å². The Kier molecular flexibility index (Phi) is 5.74. The monoisotopic (exact) mass is 394 g/mol. The van der Waals surface area contributed by atoms with Crippen LogP contribution in [0.3, 0.4) is 0 Å². The molecule has 7 nitrogen and oxygen atoms in total. The number of hydrogen-bond acceptors (Lipinski definition) is 4. The minimum atomic E-state index is -0.426. The van der Waals surface area contributed by atoms with Gasteiger partial charge < -0.3 is 14.8 Å². The molecule has 0 bridgehead atoms. The highest BCUT2D eigenvalue weighted by molar-refractivity contribution is 5.94. The van der Waals surface area contributed by atoms with E-state index in [1.807, 2.05) is 18.2 Å². The third-order valence-corrected chi connectivity index (χ3v) is 5.63. The Hall–Kier alpha value is -2.96. The normalized spacial score (nSPS) is 16.6. The summed E-state index contributed by atoms with van der Waals surface area (Å²) in [4.78, 5) is 44.4. The first-order chi connectivity index (χ1) is 14.1. The van der Waals surface area contributed by atoms with E-state index in [0.29, 0.717) is 6.54 Å². The zero-order valence-electron chi connectivity index (χ0n) is 16.4. The number of nitrogens with one attached hydrogen (secondary N) is 1. The molecule has 2 amide bonds. The molecule has 0 aliphatic heterocycles. The molecular formula is C22H26N4O3. The zero-order valence-corrected chi connectivity index (χ0v) is 16.4. The lowest BCUT2D eigenvalue weighted by Gasteiger charge is -2.22. The van der Waals surface area contributed by atoms with Gasteiger partial charge in [-0.3, -0.25) is 19.4 Å². The van der Waals surface area contributed by atoms with Crippen LogP contribution in [0.25, 0.3) is 0 Å². The molecule has 0 unspecified atom stereocenters. The van der Waals surface area contributed by atoms with E-state index in [4.69, 9.17) is 0 Å². The molecule has 0 aromatic carbocycles. The molecule has 152 valence electrons. The highest BCUT2D eigenvalue weighted by atomic mass is 16.2. The van der Waals surface area contributed by atoms with Gasteiger partial charge in [-0.15, -0.1) is 0 Å². The molecule has 4 rings (SSSR count). The fourth-order valence-electron chi connectivity index (χ4n) is 3.88. The first-order valence-corrected chi connectivity index (χ1v) is 10.3. The average molecular weight is 394 g/mol. The Balaban J connectivity index is 1.47. The molecule has 2 aliphatic rings. The Bertz CT molecular complexity index is 931. The summed E-state index contributed by atoms with van der Waals surface area (Å²) in [6.45, 7) is 0.355. The number of hydrogen-bond donors (Lipinski definition) is 1. The average Bonchev–Trinajstić information content (AvgIpc) is 3.44. The van der Waals surface area contributed by atoms with Gasteiger partial charge in [0.25, 0.3) is 11.5 Å². The van der Waals surface area contributed by atoms with Gasteiger partial charge in [0.15, 0.2) is 0 Å². The van der Waals surface area contributed by atoms with E-state index in [9.17, 15) is 14.4 Å². The second-order valence-corrected chi connectivity index (χ2v) is 7.88. The van der Waals surface area contributed by atoms with Gasteiger partial charge in [-0.2, -0.15) is 0 Å². The Morgan fingerprint density at radius 3 is 2.59 bits per heavy atom. The number of aromatic nitrogens is 2. The van der Waals surface area contributed by atoms with Crippen LogP contribution in [0.2, 0.25) is 0 Å². The van der Waals surface area contributed by atoms with E-state index in [2.05, 4.69) is 10.3 Å². The van der Waals surface area contributed by atoms with Crippen molar-refractivity contribution in [2.45, 2.75) is 63.7 Å². The van der Waals surface area contributed by atoms with Crippen molar-refractivity contribution < 1.29 is 9.59 Å². The maximum Gasteiger partial charge on any atom is 0.263 e. The predicted octanol–water partition coefficient (Wildman–Crippen LogP) is 2.11. The van der Waals surface area contributed by atoms with Crippen LogP contribution in [-0.4, -0.2) is 38.3 Å².